The van der Waals surface area contributed by atoms with E-state index in [9.17, 15) is 9.59 Å². The van der Waals surface area contributed by atoms with E-state index in [0.717, 1.165) is 50.0 Å². The summed E-state index contributed by atoms with van der Waals surface area (Å²) in [7, 11) is 7.65. The Morgan fingerprint density at radius 3 is 2.10 bits per heavy atom. The molecule has 1 saturated heterocycles. The highest BCUT2D eigenvalue weighted by molar-refractivity contribution is 5.96. The number of hydrogen-bond donors (Lipinski definition) is 1. The monoisotopic (exact) mass is 544 g/mol. The number of guanidine groups is 1. The standard InChI is InChI=1S/C21H30N4O3.C5H13N3.N3/c1-3-5-12-17(13-6-4-2)19(23-24-22)20(26)25-18(15-28-21(25)27)14-16-10-8-7-9-11-16;1-7(2)5(6)8(3)4;1-3-2/h7-11,17-19H,3-6,12-15H2,1-2H3;6H,1-4H3;/q;;-1/p+1/t18-,19+;;/m1../s1. The van der Waals surface area contributed by atoms with E-state index < -0.39 is 18.0 Å². The molecule has 1 heterocycles. The van der Waals surface area contributed by atoms with Crippen molar-refractivity contribution >= 4 is 18.0 Å². The molecule has 1 aliphatic heterocycles. The van der Waals surface area contributed by atoms with Crippen molar-refractivity contribution in [2.45, 2.75) is 70.9 Å². The van der Waals surface area contributed by atoms with E-state index in [1.807, 2.05) is 68.0 Å². The Morgan fingerprint density at radius 2 is 1.69 bits per heavy atom. The Bertz CT molecular complexity index is 975. The van der Waals surface area contributed by atoms with Crippen molar-refractivity contribution in [1.29, 1.82) is 0 Å². The maximum Gasteiger partial charge on any atom is 0.416 e. The molecule has 0 bridgehead atoms. The molecule has 2 N–H and O–H groups in total. The fourth-order valence-electron chi connectivity index (χ4n) is 4.10. The third kappa shape index (κ3) is 12.9. The minimum atomic E-state index is -0.868. The number of imide groups is 1. The summed E-state index contributed by atoms with van der Waals surface area (Å²) in [6.45, 7) is 4.35. The van der Waals surface area contributed by atoms with E-state index in [1.54, 1.807) is 0 Å². The lowest BCUT2D eigenvalue weighted by Crippen LogP contribution is -2.47. The van der Waals surface area contributed by atoms with Gasteiger partial charge in [-0.25, -0.2) is 9.69 Å². The number of rotatable bonds is 11. The van der Waals surface area contributed by atoms with Gasteiger partial charge >= 0.3 is 12.1 Å². The first-order valence-electron chi connectivity index (χ1n) is 13.1. The van der Waals surface area contributed by atoms with Crippen LogP contribution in [0.3, 0.4) is 0 Å². The summed E-state index contributed by atoms with van der Waals surface area (Å²) in [5.74, 6) is 0.275. The van der Waals surface area contributed by atoms with Crippen LogP contribution in [0, 0.1) is 5.92 Å². The van der Waals surface area contributed by atoms with Crippen molar-refractivity contribution in [3.8, 4) is 0 Å². The molecule has 2 atom stereocenters. The molecule has 13 heteroatoms. The minimum absolute atomic E-state index is 0.0610. The largest absolute Gasteiger partial charge is 0.447 e. The Morgan fingerprint density at radius 1 is 1.15 bits per heavy atom. The summed E-state index contributed by atoms with van der Waals surface area (Å²) >= 11 is 0. The smallest absolute Gasteiger partial charge is 0.416 e. The topological polar surface area (TPSA) is 186 Å². The second-order valence-corrected chi connectivity index (χ2v) is 9.56. The number of benzene rings is 1. The predicted molar refractivity (Wildman–Crippen MR) is 153 cm³/mol. The molecule has 39 heavy (non-hydrogen) atoms. The number of unbranched alkanes of at least 4 members (excludes halogenated alkanes) is 2. The number of nitrogens with two attached hydrogens (primary N) is 1. The second kappa shape index (κ2) is 20.1. The van der Waals surface area contributed by atoms with Crippen molar-refractivity contribution in [3.63, 3.8) is 0 Å². The van der Waals surface area contributed by atoms with Gasteiger partial charge in [-0.3, -0.25) is 24.9 Å². The third-order valence-electron chi connectivity index (χ3n) is 6.16. The molecule has 216 valence electrons. The molecular formula is C26H44N10O3. The Hall–Kier alpha value is -3.95. The highest BCUT2D eigenvalue weighted by Gasteiger charge is 2.42. The highest BCUT2D eigenvalue weighted by Crippen LogP contribution is 2.27. The zero-order valence-electron chi connectivity index (χ0n) is 24.1. The summed E-state index contributed by atoms with van der Waals surface area (Å²) < 4.78 is 7.03. The van der Waals surface area contributed by atoms with E-state index in [-0.39, 0.29) is 18.6 Å². The van der Waals surface area contributed by atoms with E-state index in [1.165, 1.54) is 9.81 Å². The SMILES string of the molecule is CCCCC(CCCC)[C@H](N=[N+]=[N-])C(=O)N1C(=O)OC[C@H]1Cc1ccccc1.CN(C)C(N)=[N+](C)C.[N-]=[N+]=[N-]. The Kier molecular flexibility index (Phi) is 18.0. The van der Waals surface area contributed by atoms with Crippen LogP contribution in [0.1, 0.15) is 57.9 Å². The normalized spacial score (nSPS) is 14.4. The molecule has 2 rings (SSSR count). The van der Waals surface area contributed by atoms with Crippen LogP contribution in [0.4, 0.5) is 4.79 Å². The van der Waals surface area contributed by atoms with Crippen LogP contribution in [0.2, 0.25) is 0 Å². The molecule has 0 spiro atoms. The lowest BCUT2D eigenvalue weighted by atomic mass is 9.88. The number of carbonyl (C=O) groups excluding carboxylic acids is 2. The van der Waals surface area contributed by atoms with Gasteiger partial charge in [-0.05, 0) is 36.3 Å². The average Bonchev–Trinajstić information content (AvgIpc) is 3.27. The molecule has 1 fully saturated rings. The zero-order chi connectivity index (χ0) is 29.8. The molecular weight excluding hydrogens is 500 g/mol. The van der Waals surface area contributed by atoms with Gasteiger partial charge in [0.15, 0.2) is 0 Å². The van der Waals surface area contributed by atoms with Crippen LogP contribution in [-0.4, -0.2) is 79.2 Å². The lowest BCUT2D eigenvalue weighted by molar-refractivity contribution is -0.470. The van der Waals surface area contributed by atoms with Crippen LogP contribution in [0.15, 0.2) is 35.4 Å². The maximum atomic E-state index is 13.3. The molecule has 0 unspecified atom stereocenters. The molecule has 0 saturated carbocycles. The fourth-order valence-corrected chi connectivity index (χ4v) is 4.10. The highest BCUT2D eigenvalue weighted by atomic mass is 16.6. The van der Waals surface area contributed by atoms with Crippen LogP contribution < -0.4 is 5.73 Å². The van der Waals surface area contributed by atoms with Crippen molar-refractivity contribution in [2.24, 2.45) is 16.8 Å². The Balaban J connectivity index is 0.00000111. The van der Waals surface area contributed by atoms with E-state index in [4.69, 9.17) is 27.1 Å². The van der Waals surface area contributed by atoms with Gasteiger partial charge in [-0.15, -0.1) is 0 Å². The first kappa shape index (κ1) is 35.0. The molecule has 1 aromatic carbocycles. The molecule has 2 amide bonds. The van der Waals surface area contributed by atoms with Crippen LogP contribution in [0.25, 0.3) is 26.4 Å². The number of azide groups is 1. The number of amides is 2. The second-order valence-electron chi connectivity index (χ2n) is 9.56. The van der Waals surface area contributed by atoms with Crippen LogP contribution in [0.5, 0.6) is 0 Å². The molecule has 1 aromatic rings. The summed E-state index contributed by atoms with van der Waals surface area (Å²) in [6, 6.07) is 8.44. The summed E-state index contributed by atoms with van der Waals surface area (Å²) in [5.41, 5.74) is 29.1. The van der Waals surface area contributed by atoms with E-state index in [2.05, 4.69) is 23.9 Å². The zero-order valence-corrected chi connectivity index (χ0v) is 24.1. The number of cyclic esters (lactones) is 1. The van der Waals surface area contributed by atoms with Gasteiger partial charge in [0, 0.05) is 4.91 Å². The molecule has 0 aromatic heterocycles. The lowest BCUT2D eigenvalue weighted by Gasteiger charge is -2.28. The molecule has 0 radical (unpaired) electrons. The number of carbonyl (C=O) groups is 2. The average molecular weight is 545 g/mol. The van der Waals surface area contributed by atoms with Gasteiger partial charge in [0.05, 0.1) is 34.2 Å². The Labute approximate surface area is 231 Å². The minimum Gasteiger partial charge on any atom is -0.447 e. The van der Waals surface area contributed by atoms with Gasteiger partial charge in [0.2, 0.25) is 5.91 Å². The predicted octanol–water partition coefficient (Wildman–Crippen LogP) is 5.25. The quantitative estimate of drug-likeness (QED) is 0.0992. The van der Waals surface area contributed by atoms with Crippen molar-refractivity contribution in [1.82, 2.24) is 9.80 Å². The van der Waals surface area contributed by atoms with Gasteiger partial charge in [-0.1, -0.05) is 75.0 Å². The number of hydrogen-bond acceptors (Lipinski definition) is 4. The molecule has 13 nitrogen and oxygen atoms in total. The first-order valence-corrected chi connectivity index (χ1v) is 13.1. The molecule has 1 aliphatic rings. The van der Waals surface area contributed by atoms with Gasteiger partial charge in [0.1, 0.15) is 12.6 Å². The van der Waals surface area contributed by atoms with Gasteiger partial charge < -0.3 is 15.8 Å². The molecule has 0 aliphatic carbocycles. The van der Waals surface area contributed by atoms with Crippen molar-refractivity contribution in [2.75, 3.05) is 34.8 Å². The summed E-state index contributed by atoms with van der Waals surface area (Å²) in [6.07, 6.45) is 5.40. The summed E-state index contributed by atoms with van der Waals surface area (Å²) in [5, 5.41) is 3.83. The van der Waals surface area contributed by atoms with Crippen molar-refractivity contribution < 1.29 is 18.9 Å². The number of nitrogens with zero attached hydrogens (tertiary/aromatic N) is 9. The third-order valence-corrected chi connectivity index (χ3v) is 6.16. The van der Waals surface area contributed by atoms with Crippen molar-refractivity contribution in [3.05, 3.63) is 62.3 Å². The van der Waals surface area contributed by atoms with Gasteiger partial charge in [-0.2, -0.15) is 0 Å². The summed E-state index contributed by atoms with van der Waals surface area (Å²) in [4.78, 5) is 33.1. The first-order chi connectivity index (χ1) is 18.6. The number of ether oxygens (including phenoxy) is 1. The fraction of sp³-hybridized carbons (Fsp3) is 0.654. The maximum absolute atomic E-state index is 13.3. The van der Waals surface area contributed by atoms with Crippen LogP contribution >= 0.6 is 0 Å². The van der Waals surface area contributed by atoms with E-state index in [0.29, 0.717) is 6.42 Å². The van der Waals surface area contributed by atoms with E-state index >= 15 is 0 Å². The van der Waals surface area contributed by atoms with Gasteiger partial charge in [0.25, 0.3) is 0 Å². The van der Waals surface area contributed by atoms with Crippen LogP contribution in [-0.2, 0) is 16.0 Å².